The van der Waals surface area contributed by atoms with Crippen LogP contribution in [0.4, 0.5) is 11.7 Å². The molecule has 23 heavy (non-hydrogen) atoms. The van der Waals surface area contributed by atoms with Crippen LogP contribution in [0.3, 0.4) is 0 Å². The Morgan fingerprint density at radius 3 is 2.83 bits per heavy atom. The molecule has 3 rings (SSSR count). The minimum Gasteiger partial charge on any atom is -0.382 e. The van der Waals surface area contributed by atoms with Crippen LogP contribution in [0.15, 0.2) is 22.7 Å². The van der Waals surface area contributed by atoms with Crippen molar-refractivity contribution in [2.24, 2.45) is 0 Å². The van der Waals surface area contributed by atoms with Gasteiger partial charge in [-0.2, -0.15) is 4.98 Å². The molecule has 0 unspecified atom stereocenters. The molecule has 1 fully saturated rings. The van der Waals surface area contributed by atoms with E-state index in [4.69, 9.17) is 9.93 Å². The maximum Gasteiger partial charge on any atom is 0.324 e. The zero-order valence-corrected chi connectivity index (χ0v) is 13.5. The minimum atomic E-state index is 0.311. The second-order valence-corrected chi connectivity index (χ2v) is 5.91. The Balaban J connectivity index is 1.86. The fraction of sp³-hybridized carbons (Fsp3) is 0.438. The van der Waals surface area contributed by atoms with Gasteiger partial charge in [0.05, 0.1) is 5.56 Å². The number of anilines is 2. The van der Waals surface area contributed by atoms with Crippen molar-refractivity contribution < 1.29 is 9.93 Å². The van der Waals surface area contributed by atoms with Crippen LogP contribution in [0, 0.1) is 0 Å². The Bertz CT molecular complexity index is 675. The average molecular weight is 315 g/mol. The molecule has 0 aliphatic carbocycles. The van der Waals surface area contributed by atoms with E-state index in [0.717, 1.165) is 43.0 Å². The van der Waals surface area contributed by atoms with Crippen LogP contribution in [0.1, 0.15) is 19.4 Å². The summed E-state index contributed by atoms with van der Waals surface area (Å²) in [5.41, 5.74) is 2.82. The highest BCUT2D eigenvalue weighted by atomic mass is 16.5. The number of aromatic nitrogens is 2. The van der Waals surface area contributed by atoms with Gasteiger partial charge in [-0.3, -0.25) is 5.41 Å². The van der Waals surface area contributed by atoms with Crippen LogP contribution >= 0.6 is 0 Å². The summed E-state index contributed by atoms with van der Waals surface area (Å²) in [5.74, 6) is 0.592. The van der Waals surface area contributed by atoms with Gasteiger partial charge in [0.15, 0.2) is 6.21 Å². The second-order valence-electron chi connectivity index (χ2n) is 5.91. The highest BCUT2D eigenvalue weighted by molar-refractivity contribution is 5.86. The monoisotopic (exact) mass is 315 g/mol. The smallest absolute Gasteiger partial charge is 0.324 e. The predicted octanol–water partition coefficient (Wildman–Crippen LogP) is 0.145. The standard InChI is InChI=1S/C16H22N6O/c1-11(2)19-14-9-12(3-4-13(14)10-17)15-20-16(23-21-15)22-7-5-18-6-8-22/h3-4,9-11,17-19H,5-8H2,1-2H3/p+1. The normalized spacial score (nSPS) is 15.0. The number of hydrogen-bond acceptors (Lipinski definition) is 6. The fourth-order valence-electron chi connectivity index (χ4n) is 2.59. The molecular weight excluding hydrogens is 292 g/mol. The molecule has 0 saturated carbocycles. The van der Waals surface area contributed by atoms with Crippen molar-refractivity contribution >= 4 is 17.9 Å². The van der Waals surface area contributed by atoms with Crippen LogP contribution in [0.5, 0.6) is 0 Å². The molecule has 0 bridgehead atoms. The Kier molecular flexibility index (Phi) is 4.57. The Hall–Kier alpha value is -2.41. The quantitative estimate of drug-likeness (QED) is 0.680. The molecule has 2 heterocycles. The number of piperazine rings is 1. The average Bonchev–Trinajstić information content (AvgIpc) is 3.05. The van der Waals surface area contributed by atoms with Crippen molar-refractivity contribution in [2.45, 2.75) is 19.9 Å². The lowest BCUT2D eigenvalue weighted by Gasteiger charge is -2.24. The molecule has 4 N–H and O–H groups in total. The Morgan fingerprint density at radius 2 is 2.13 bits per heavy atom. The molecule has 7 heteroatoms. The third kappa shape index (κ3) is 3.50. The maximum absolute atomic E-state index is 5.69. The van der Waals surface area contributed by atoms with Gasteiger partial charge in [0.2, 0.25) is 5.82 Å². The largest absolute Gasteiger partial charge is 0.382 e. The SMILES string of the molecule is CC(C)Nc1cc(-c2noc(N3CCNCC3)n2)ccc1C=[NH2+]. The number of hydrogen-bond donors (Lipinski definition) is 3. The van der Waals surface area contributed by atoms with E-state index in [1.807, 2.05) is 18.2 Å². The molecule has 1 aliphatic heterocycles. The van der Waals surface area contributed by atoms with Gasteiger partial charge in [0.1, 0.15) is 0 Å². The van der Waals surface area contributed by atoms with Crippen LogP contribution < -0.4 is 20.9 Å². The molecule has 122 valence electrons. The van der Waals surface area contributed by atoms with Gasteiger partial charge in [-0.15, -0.1) is 0 Å². The van der Waals surface area contributed by atoms with Crippen molar-refractivity contribution in [3.8, 4) is 11.4 Å². The number of nitrogens with two attached hydrogens (primary N) is 1. The molecule has 2 aromatic rings. The molecule has 1 aliphatic rings. The van der Waals surface area contributed by atoms with Gasteiger partial charge in [-0.1, -0.05) is 11.2 Å². The van der Waals surface area contributed by atoms with Gasteiger partial charge in [0.25, 0.3) is 0 Å². The fourth-order valence-corrected chi connectivity index (χ4v) is 2.59. The van der Waals surface area contributed by atoms with E-state index in [-0.39, 0.29) is 0 Å². The number of rotatable bonds is 5. The van der Waals surface area contributed by atoms with Crippen molar-refractivity contribution in [2.75, 3.05) is 36.4 Å². The van der Waals surface area contributed by atoms with Crippen LogP contribution in [0.2, 0.25) is 0 Å². The lowest BCUT2D eigenvalue weighted by atomic mass is 10.1. The summed E-state index contributed by atoms with van der Waals surface area (Å²) in [6.07, 6.45) is 1.59. The topological polar surface area (TPSA) is 91.8 Å². The molecule has 7 nitrogen and oxygen atoms in total. The third-order valence-corrected chi connectivity index (χ3v) is 3.74. The van der Waals surface area contributed by atoms with Crippen molar-refractivity contribution in [3.05, 3.63) is 23.8 Å². The van der Waals surface area contributed by atoms with Crippen molar-refractivity contribution in [3.63, 3.8) is 0 Å². The second kappa shape index (κ2) is 6.78. The first kappa shape index (κ1) is 15.5. The molecule has 0 amide bonds. The van der Waals surface area contributed by atoms with Gasteiger partial charge in [-0.25, -0.2) is 0 Å². The van der Waals surface area contributed by atoms with E-state index < -0.39 is 0 Å². The first-order valence-corrected chi connectivity index (χ1v) is 7.92. The zero-order valence-electron chi connectivity index (χ0n) is 13.5. The minimum absolute atomic E-state index is 0.311. The van der Waals surface area contributed by atoms with Crippen LogP contribution in [-0.4, -0.2) is 48.6 Å². The Morgan fingerprint density at radius 1 is 1.35 bits per heavy atom. The number of nitrogens with one attached hydrogen (secondary N) is 2. The summed E-state index contributed by atoms with van der Waals surface area (Å²) in [6.45, 7) is 7.79. The van der Waals surface area contributed by atoms with Gasteiger partial charge in [-0.05, 0) is 26.0 Å². The van der Waals surface area contributed by atoms with E-state index in [0.29, 0.717) is 17.9 Å². The van der Waals surface area contributed by atoms with Gasteiger partial charge in [0, 0.05) is 43.5 Å². The molecule has 1 saturated heterocycles. The van der Waals surface area contributed by atoms with Crippen molar-refractivity contribution in [1.29, 1.82) is 0 Å². The Labute approximate surface area is 135 Å². The van der Waals surface area contributed by atoms with Gasteiger partial charge >= 0.3 is 6.01 Å². The van der Waals surface area contributed by atoms with Crippen LogP contribution in [0.25, 0.3) is 11.4 Å². The summed E-state index contributed by atoms with van der Waals surface area (Å²) < 4.78 is 5.42. The summed E-state index contributed by atoms with van der Waals surface area (Å²) >= 11 is 0. The molecule has 1 aromatic heterocycles. The zero-order chi connectivity index (χ0) is 16.2. The lowest BCUT2D eigenvalue weighted by Crippen LogP contribution is -2.43. The molecular formula is C16H23N6O+. The highest BCUT2D eigenvalue weighted by Gasteiger charge is 2.18. The van der Waals surface area contributed by atoms with E-state index in [1.165, 1.54) is 0 Å². The highest BCUT2D eigenvalue weighted by Crippen LogP contribution is 2.25. The summed E-state index contributed by atoms with van der Waals surface area (Å²) in [5, 5.41) is 16.5. The maximum atomic E-state index is 5.69. The van der Waals surface area contributed by atoms with E-state index >= 15 is 0 Å². The summed E-state index contributed by atoms with van der Waals surface area (Å²) in [6, 6.07) is 6.81. The van der Waals surface area contributed by atoms with E-state index in [2.05, 4.69) is 39.5 Å². The molecule has 0 spiro atoms. The summed E-state index contributed by atoms with van der Waals surface area (Å²) in [4.78, 5) is 6.63. The van der Waals surface area contributed by atoms with E-state index in [9.17, 15) is 0 Å². The number of nitrogens with zero attached hydrogens (tertiary/aromatic N) is 3. The lowest BCUT2D eigenvalue weighted by molar-refractivity contribution is -0.104. The first-order valence-electron chi connectivity index (χ1n) is 7.92. The number of benzene rings is 1. The van der Waals surface area contributed by atoms with Crippen LogP contribution in [-0.2, 0) is 0 Å². The van der Waals surface area contributed by atoms with Gasteiger partial charge < -0.3 is 20.1 Å². The molecule has 0 atom stereocenters. The van der Waals surface area contributed by atoms with E-state index in [1.54, 1.807) is 6.21 Å². The first-order chi connectivity index (χ1) is 11.2. The third-order valence-electron chi connectivity index (χ3n) is 3.74. The predicted molar refractivity (Wildman–Crippen MR) is 90.7 cm³/mol. The molecule has 0 radical (unpaired) electrons. The van der Waals surface area contributed by atoms with Crippen molar-refractivity contribution in [1.82, 2.24) is 15.5 Å². The summed E-state index contributed by atoms with van der Waals surface area (Å²) in [7, 11) is 0. The molecule has 1 aromatic carbocycles.